The molecule has 0 radical (unpaired) electrons. The van der Waals surface area contributed by atoms with Crippen LogP contribution in [0.15, 0.2) is 24.3 Å². The normalized spacial score (nSPS) is 12.6. The molecule has 2 heteroatoms. The van der Waals surface area contributed by atoms with E-state index in [4.69, 9.17) is 10.5 Å². The van der Waals surface area contributed by atoms with Crippen LogP contribution in [0, 0.1) is 0 Å². The zero-order chi connectivity index (χ0) is 15.5. The van der Waals surface area contributed by atoms with Crippen molar-refractivity contribution in [2.24, 2.45) is 5.73 Å². The van der Waals surface area contributed by atoms with Crippen LogP contribution < -0.4 is 10.5 Å². The highest BCUT2D eigenvalue weighted by Gasteiger charge is 2.06. The molecule has 1 atom stereocenters. The summed E-state index contributed by atoms with van der Waals surface area (Å²) in [7, 11) is 0. The van der Waals surface area contributed by atoms with Crippen LogP contribution in [0.1, 0.15) is 83.7 Å². The first kappa shape index (κ1) is 18.0. The third-order valence-electron chi connectivity index (χ3n) is 3.80. The molecule has 0 bridgehead atoms. The molecule has 120 valence electrons. The van der Waals surface area contributed by atoms with Crippen LogP contribution in [-0.2, 0) is 0 Å². The summed E-state index contributed by atoms with van der Waals surface area (Å²) in [5.74, 6) is 0.928. The molecule has 1 aromatic carbocycles. The number of unbranched alkanes of at least 4 members (excludes halogenated alkanes) is 6. The minimum absolute atomic E-state index is 0.161. The van der Waals surface area contributed by atoms with E-state index in [1.807, 2.05) is 26.0 Å². The topological polar surface area (TPSA) is 35.2 Å². The first-order chi connectivity index (χ1) is 10.1. The van der Waals surface area contributed by atoms with Gasteiger partial charge in [0.05, 0.1) is 6.10 Å². The first-order valence-electron chi connectivity index (χ1n) is 8.65. The highest BCUT2D eigenvalue weighted by atomic mass is 16.5. The second-order valence-corrected chi connectivity index (χ2v) is 6.25. The highest BCUT2D eigenvalue weighted by molar-refractivity contribution is 5.29. The van der Waals surface area contributed by atoms with Crippen molar-refractivity contribution < 1.29 is 4.74 Å². The summed E-state index contributed by atoms with van der Waals surface area (Å²) < 4.78 is 5.65. The fraction of sp³-hybridized carbons (Fsp3) is 0.684. The van der Waals surface area contributed by atoms with Crippen molar-refractivity contribution in [3.8, 4) is 5.75 Å². The third-order valence-corrected chi connectivity index (χ3v) is 3.80. The molecule has 0 heterocycles. The van der Waals surface area contributed by atoms with E-state index < -0.39 is 0 Å². The van der Waals surface area contributed by atoms with Gasteiger partial charge in [0.25, 0.3) is 0 Å². The van der Waals surface area contributed by atoms with E-state index in [1.165, 1.54) is 50.5 Å². The quantitative estimate of drug-likeness (QED) is 0.537. The van der Waals surface area contributed by atoms with Crippen LogP contribution in [-0.4, -0.2) is 6.10 Å². The van der Waals surface area contributed by atoms with Crippen molar-refractivity contribution in [3.05, 3.63) is 29.8 Å². The summed E-state index contributed by atoms with van der Waals surface area (Å²) >= 11 is 0. The molecule has 2 nitrogen and oxygen atoms in total. The Morgan fingerprint density at radius 2 is 1.48 bits per heavy atom. The van der Waals surface area contributed by atoms with Gasteiger partial charge >= 0.3 is 0 Å². The number of hydrogen-bond acceptors (Lipinski definition) is 2. The lowest BCUT2D eigenvalue weighted by molar-refractivity contribution is 0.242. The second kappa shape index (κ2) is 10.7. The SMILES string of the molecule is CCCCCCCCCC(N)c1ccc(OC(C)C)cc1. The molecule has 0 amide bonds. The summed E-state index contributed by atoms with van der Waals surface area (Å²) in [5.41, 5.74) is 7.49. The molecule has 1 rings (SSSR count). The van der Waals surface area contributed by atoms with E-state index in [9.17, 15) is 0 Å². The Morgan fingerprint density at radius 1 is 0.905 bits per heavy atom. The summed E-state index contributed by atoms with van der Waals surface area (Å²) in [6.45, 7) is 6.34. The number of ether oxygens (including phenoxy) is 1. The van der Waals surface area contributed by atoms with Gasteiger partial charge in [-0.1, -0.05) is 64.0 Å². The molecule has 2 N–H and O–H groups in total. The van der Waals surface area contributed by atoms with Crippen molar-refractivity contribution in [2.75, 3.05) is 0 Å². The van der Waals surface area contributed by atoms with E-state index in [2.05, 4.69) is 19.1 Å². The predicted molar refractivity (Wildman–Crippen MR) is 91.7 cm³/mol. The number of nitrogens with two attached hydrogens (primary N) is 1. The molecule has 0 saturated heterocycles. The first-order valence-corrected chi connectivity index (χ1v) is 8.65. The van der Waals surface area contributed by atoms with E-state index in [0.29, 0.717) is 0 Å². The Labute approximate surface area is 131 Å². The van der Waals surface area contributed by atoms with Gasteiger partial charge in [-0.15, -0.1) is 0 Å². The second-order valence-electron chi connectivity index (χ2n) is 6.25. The summed E-state index contributed by atoms with van der Waals surface area (Å²) in [6.07, 6.45) is 10.7. The van der Waals surface area contributed by atoms with Gasteiger partial charge in [0.15, 0.2) is 0 Å². The van der Waals surface area contributed by atoms with Crippen molar-refractivity contribution in [2.45, 2.75) is 84.3 Å². The zero-order valence-electron chi connectivity index (χ0n) is 14.1. The molecule has 0 aliphatic heterocycles. The Balaban J connectivity index is 2.21. The summed E-state index contributed by atoms with van der Waals surface area (Å²) in [5, 5.41) is 0. The van der Waals surface area contributed by atoms with Gasteiger partial charge in [-0.3, -0.25) is 0 Å². The Hall–Kier alpha value is -1.02. The number of hydrogen-bond donors (Lipinski definition) is 1. The number of rotatable bonds is 11. The summed E-state index contributed by atoms with van der Waals surface area (Å²) in [6, 6.07) is 8.42. The third kappa shape index (κ3) is 8.11. The molecule has 0 aliphatic rings. The average Bonchev–Trinajstić information content (AvgIpc) is 2.46. The molecule has 0 saturated carbocycles. The molecular weight excluding hydrogens is 258 g/mol. The van der Waals surface area contributed by atoms with Crippen LogP contribution in [0.2, 0.25) is 0 Å². The molecule has 21 heavy (non-hydrogen) atoms. The van der Waals surface area contributed by atoms with Gasteiger partial charge < -0.3 is 10.5 Å². The maximum atomic E-state index is 6.27. The standard InChI is InChI=1S/C19H33NO/c1-4-5-6-7-8-9-10-11-19(20)17-12-14-18(15-13-17)21-16(2)3/h12-16,19H,4-11,20H2,1-3H3. The highest BCUT2D eigenvalue weighted by Crippen LogP contribution is 2.21. The summed E-state index contributed by atoms with van der Waals surface area (Å²) in [4.78, 5) is 0. The van der Waals surface area contributed by atoms with Crippen LogP contribution in [0.5, 0.6) is 5.75 Å². The molecule has 0 aliphatic carbocycles. The maximum Gasteiger partial charge on any atom is 0.119 e. The van der Waals surface area contributed by atoms with Crippen LogP contribution in [0.25, 0.3) is 0 Å². The van der Waals surface area contributed by atoms with Gasteiger partial charge in [0.2, 0.25) is 0 Å². The largest absolute Gasteiger partial charge is 0.491 e. The minimum Gasteiger partial charge on any atom is -0.491 e. The zero-order valence-corrected chi connectivity index (χ0v) is 14.1. The lowest BCUT2D eigenvalue weighted by Crippen LogP contribution is -2.10. The van der Waals surface area contributed by atoms with E-state index in [-0.39, 0.29) is 12.1 Å². The van der Waals surface area contributed by atoms with Crippen molar-refractivity contribution in [1.29, 1.82) is 0 Å². The fourth-order valence-electron chi connectivity index (χ4n) is 2.55. The average molecular weight is 291 g/mol. The van der Waals surface area contributed by atoms with Gasteiger partial charge in [-0.05, 0) is 38.0 Å². The predicted octanol–water partition coefficient (Wildman–Crippen LogP) is 5.61. The molecule has 0 fully saturated rings. The van der Waals surface area contributed by atoms with Gasteiger partial charge in [0, 0.05) is 6.04 Å². The van der Waals surface area contributed by atoms with Gasteiger partial charge in [-0.2, -0.15) is 0 Å². The Bertz CT molecular complexity index is 358. The molecular formula is C19H33NO. The monoisotopic (exact) mass is 291 g/mol. The fourth-order valence-corrected chi connectivity index (χ4v) is 2.55. The van der Waals surface area contributed by atoms with Crippen LogP contribution in [0.4, 0.5) is 0 Å². The number of benzene rings is 1. The van der Waals surface area contributed by atoms with Crippen molar-refractivity contribution in [1.82, 2.24) is 0 Å². The molecule has 1 unspecified atom stereocenters. The van der Waals surface area contributed by atoms with Gasteiger partial charge in [0.1, 0.15) is 5.75 Å². The molecule has 0 spiro atoms. The lowest BCUT2D eigenvalue weighted by Gasteiger charge is -2.14. The van der Waals surface area contributed by atoms with E-state index in [1.54, 1.807) is 0 Å². The smallest absolute Gasteiger partial charge is 0.119 e. The van der Waals surface area contributed by atoms with Crippen molar-refractivity contribution >= 4 is 0 Å². The molecule has 0 aromatic heterocycles. The van der Waals surface area contributed by atoms with Crippen molar-refractivity contribution in [3.63, 3.8) is 0 Å². The minimum atomic E-state index is 0.161. The Kier molecular flexibility index (Phi) is 9.16. The van der Waals surface area contributed by atoms with Crippen LogP contribution >= 0.6 is 0 Å². The Morgan fingerprint density at radius 3 is 2.05 bits per heavy atom. The van der Waals surface area contributed by atoms with E-state index >= 15 is 0 Å². The van der Waals surface area contributed by atoms with Gasteiger partial charge in [-0.25, -0.2) is 0 Å². The lowest BCUT2D eigenvalue weighted by atomic mass is 10.00. The maximum absolute atomic E-state index is 6.27. The molecule has 1 aromatic rings. The van der Waals surface area contributed by atoms with Crippen LogP contribution in [0.3, 0.4) is 0 Å². The van der Waals surface area contributed by atoms with E-state index in [0.717, 1.165) is 12.2 Å².